The van der Waals surface area contributed by atoms with Crippen LogP contribution in [0.1, 0.15) is 22.9 Å². The Balaban J connectivity index is 1.57. The van der Waals surface area contributed by atoms with Crippen LogP contribution >= 0.6 is 11.8 Å². The number of amides is 2. The summed E-state index contributed by atoms with van der Waals surface area (Å²) in [6, 6.07) is 11.5. The van der Waals surface area contributed by atoms with E-state index in [2.05, 4.69) is 0 Å². The van der Waals surface area contributed by atoms with Crippen LogP contribution < -0.4 is 19.1 Å². The number of ether oxygens (including phenoxy) is 3. The van der Waals surface area contributed by atoms with E-state index in [9.17, 15) is 9.59 Å². The van der Waals surface area contributed by atoms with Crippen LogP contribution in [0.3, 0.4) is 0 Å². The van der Waals surface area contributed by atoms with E-state index < -0.39 is 0 Å². The topological polar surface area (TPSA) is 68.3 Å². The molecule has 0 radical (unpaired) electrons. The van der Waals surface area contributed by atoms with Crippen LogP contribution in [0, 0.1) is 12.8 Å². The summed E-state index contributed by atoms with van der Waals surface area (Å²) >= 11 is 1.68. The van der Waals surface area contributed by atoms with Crippen molar-refractivity contribution in [3.05, 3.63) is 47.5 Å². The molecule has 2 aliphatic heterocycles. The Kier molecular flexibility index (Phi) is 6.50. The largest absolute Gasteiger partial charge is 0.496 e. The first-order valence-electron chi connectivity index (χ1n) is 10.6. The molecule has 0 spiro atoms. The molecule has 170 valence electrons. The lowest BCUT2D eigenvalue weighted by atomic mass is 10.1. The van der Waals surface area contributed by atoms with Gasteiger partial charge in [0.15, 0.2) is 11.5 Å². The second kappa shape index (κ2) is 9.32. The average molecular weight is 457 g/mol. The van der Waals surface area contributed by atoms with Gasteiger partial charge in [0.25, 0.3) is 0 Å². The number of rotatable bonds is 6. The number of benzene rings is 2. The molecule has 7 nitrogen and oxygen atoms in total. The van der Waals surface area contributed by atoms with Crippen molar-refractivity contribution in [3.63, 3.8) is 0 Å². The van der Waals surface area contributed by atoms with Crippen LogP contribution in [0.25, 0.3) is 0 Å². The number of hydrogen-bond donors (Lipinski definition) is 0. The molecule has 2 aliphatic rings. The fraction of sp³-hybridized carbons (Fsp3) is 0.417. The molecule has 4 rings (SSSR count). The maximum absolute atomic E-state index is 13.5. The summed E-state index contributed by atoms with van der Waals surface area (Å²) in [7, 11) is 4.77. The first-order valence-corrected chi connectivity index (χ1v) is 11.6. The van der Waals surface area contributed by atoms with Gasteiger partial charge in [0.1, 0.15) is 11.1 Å². The quantitative estimate of drug-likeness (QED) is 0.661. The molecular formula is C24H28N2O5S. The SMILES string of the molecule is COc1cc(OC)c(C2SCCN2C(=O)C2CC(=O)N(c3ccc(C)cc3)C2)cc1OC. The summed E-state index contributed by atoms with van der Waals surface area (Å²) < 4.78 is 16.5. The molecule has 2 atom stereocenters. The highest BCUT2D eigenvalue weighted by molar-refractivity contribution is 7.99. The van der Waals surface area contributed by atoms with Crippen molar-refractivity contribution in [2.24, 2.45) is 5.92 Å². The zero-order chi connectivity index (χ0) is 22.8. The first kappa shape index (κ1) is 22.3. The highest BCUT2D eigenvalue weighted by Crippen LogP contribution is 2.46. The number of hydrogen-bond acceptors (Lipinski definition) is 6. The number of carbonyl (C=O) groups is 2. The van der Waals surface area contributed by atoms with Crippen LogP contribution in [0.15, 0.2) is 36.4 Å². The smallest absolute Gasteiger partial charge is 0.229 e. The number of thioether (sulfide) groups is 1. The third-order valence-electron chi connectivity index (χ3n) is 6.00. The van der Waals surface area contributed by atoms with Crippen molar-refractivity contribution in [2.75, 3.05) is 45.1 Å². The monoisotopic (exact) mass is 456 g/mol. The zero-order valence-electron chi connectivity index (χ0n) is 18.8. The Labute approximate surface area is 192 Å². The van der Waals surface area contributed by atoms with E-state index in [4.69, 9.17) is 14.2 Å². The van der Waals surface area contributed by atoms with E-state index in [1.165, 1.54) is 0 Å². The van der Waals surface area contributed by atoms with Crippen LogP contribution in [0.2, 0.25) is 0 Å². The van der Waals surface area contributed by atoms with Gasteiger partial charge in [-0.2, -0.15) is 0 Å². The van der Waals surface area contributed by atoms with Crippen molar-refractivity contribution in [2.45, 2.75) is 18.7 Å². The maximum atomic E-state index is 13.5. The van der Waals surface area contributed by atoms with Gasteiger partial charge in [-0.25, -0.2) is 0 Å². The van der Waals surface area contributed by atoms with Gasteiger partial charge in [0.05, 0.1) is 27.2 Å². The molecule has 0 aliphatic carbocycles. The molecule has 0 bridgehead atoms. The van der Waals surface area contributed by atoms with E-state index in [-0.39, 0.29) is 29.5 Å². The third-order valence-corrected chi connectivity index (χ3v) is 7.24. The van der Waals surface area contributed by atoms with Crippen LogP contribution in [0.4, 0.5) is 5.69 Å². The van der Waals surface area contributed by atoms with Crippen molar-refractivity contribution in [1.82, 2.24) is 4.90 Å². The predicted octanol–water partition coefficient (Wildman–Crippen LogP) is 3.65. The van der Waals surface area contributed by atoms with Gasteiger partial charge >= 0.3 is 0 Å². The molecule has 2 saturated heterocycles. The molecule has 2 unspecified atom stereocenters. The normalized spacial score (nSPS) is 20.6. The van der Waals surface area contributed by atoms with Gasteiger partial charge in [0.2, 0.25) is 11.8 Å². The average Bonchev–Trinajstić information content (AvgIpc) is 3.45. The Bertz CT molecular complexity index is 1010. The molecule has 2 heterocycles. The number of nitrogens with zero attached hydrogens (tertiary/aromatic N) is 2. The van der Waals surface area contributed by atoms with Crippen molar-refractivity contribution >= 4 is 29.3 Å². The minimum Gasteiger partial charge on any atom is -0.496 e. The summed E-state index contributed by atoms with van der Waals surface area (Å²) in [5.74, 6) is 2.24. The fourth-order valence-electron chi connectivity index (χ4n) is 4.28. The van der Waals surface area contributed by atoms with Gasteiger partial charge in [0, 0.05) is 42.6 Å². The van der Waals surface area contributed by atoms with E-state index in [1.807, 2.05) is 42.2 Å². The fourth-order valence-corrected chi connectivity index (χ4v) is 5.56. The summed E-state index contributed by atoms with van der Waals surface area (Å²) in [6.07, 6.45) is 0.226. The number of methoxy groups -OCH3 is 3. The third kappa shape index (κ3) is 4.11. The van der Waals surface area contributed by atoms with Gasteiger partial charge in [-0.15, -0.1) is 11.8 Å². The molecule has 2 amide bonds. The maximum Gasteiger partial charge on any atom is 0.229 e. The van der Waals surface area contributed by atoms with Gasteiger partial charge < -0.3 is 24.0 Å². The predicted molar refractivity (Wildman–Crippen MR) is 125 cm³/mol. The van der Waals surface area contributed by atoms with Gasteiger partial charge in [-0.3, -0.25) is 9.59 Å². The summed E-state index contributed by atoms with van der Waals surface area (Å²) in [5, 5.41) is -0.208. The summed E-state index contributed by atoms with van der Waals surface area (Å²) in [6.45, 7) is 3.04. The lowest BCUT2D eigenvalue weighted by Crippen LogP contribution is -2.37. The van der Waals surface area contributed by atoms with E-state index in [0.29, 0.717) is 30.3 Å². The highest BCUT2D eigenvalue weighted by Gasteiger charge is 2.41. The van der Waals surface area contributed by atoms with E-state index in [0.717, 1.165) is 22.6 Å². The van der Waals surface area contributed by atoms with Crippen molar-refractivity contribution in [1.29, 1.82) is 0 Å². The lowest BCUT2D eigenvalue weighted by molar-refractivity contribution is -0.136. The van der Waals surface area contributed by atoms with E-state index in [1.54, 1.807) is 44.1 Å². The van der Waals surface area contributed by atoms with Crippen molar-refractivity contribution in [3.8, 4) is 17.2 Å². The molecule has 2 aromatic carbocycles. The second-order valence-corrected chi connectivity index (χ2v) is 9.13. The Morgan fingerprint density at radius 2 is 1.66 bits per heavy atom. The molecule has 2 aromatic rings. The summed E-state index contributed by atoms with van der Waals surface area (Å²) in [4.78, 5) is 29.8. The summed E-state index contributed by atoms with van der Waals surface area (Å²) in [5.41, 5.74) is 2.83. The Morgan fingerprint density at radius 3 is 2.31 bits per heavy atom. The number of anilines is 1. The van der Waals surface area contributed by atoms with Crippen LogP contribution in [0.5, 0.6) is 17.2 Å². The van der Waals surface area contributed by atoms with Crippen LogP contribution in [-0.4, -0.2) is 56.9 Å². The number of aryl methyl sites for hydroxylation is 1. The minimum atomic E-state index is -0.365. The first-order chi connectivity index (χ1) is 15.5. The second-order valence-electron chi connectivity index (χ2n) is 7.94. The molecule has 0 aromatic heterocycles. The van der Waals surface area contributed by atoms with Crippen LogP contribution in [-0.2, 0) is 9.59 Å². The van der Waals surface area contributed by atoms with Gasteiger partial charge in [-0.1, -0.05) is 17.7 Å². The molecule has 32 heavy (non-hydrogen) atoms. The molecule has 0 saturated carbocycles. The minimum absolute atomic E-state index is 0.000186. The Hall–Kier alpha value is -2.87. The molecular weight excluding hydrogens is 428 g/mol. The zero-order valence-corrected chi connectivity index (χ0v) is 19.6. The highest BCUT2D eigenvalue weighted by atomic mass is 32.2. The van der Waals surface area contributed by atoms with Crippen molar-refractivity contribution < 1.29 is 23.8 Å². The number of carbonyl (C=O) groups excluding carboxylic acids is 2. The molecule has 2 fully saturated rings. The molecule has 0 N–H and O–H groups in total. The van der Waals surface area contributed by atoms with Gasteiger partial charge in [-0.05, 0) is 25.1 Å². The standard InChI is InChI=1S/C24H28N2O5S/c1-15-5-7-17(8-6-15)26-14-16(11-22(26)27)23(28)25-9-10-32-24(25)18-12-20(30-3)21(31-4)13-19(18)29-2/h5-8,12-13,16,24H,9-11,14H2,1-4H3. The Morgan fingerprint density at radius 1 is 1.00 bits per heavy atom. The lowest BCUT2D eigenvalue weighted by Gasteiger charge is -2.28. The molecule has 8 heteroatoms. The van der Waals surface area contributed by atoms with E-state index >= 15 is 0 Å².